The van der Waals surface area contributed by atoms with Gasteiger partial charge in [0.2, 0.25) is 11.8 Å². The van der Waals surface area contributed by atoms with E-state index in [1.54, 1.807) is 12.1 Å². The molecule has 4 atom stereocenters. The lowest BCUT2D eigenvalue weighted by molar-refractivity contribution is -0.156. The lowest BCUT2D eigenvalue weighted by Gasteiger charge is -2.29. The number of aromatic hydroxyl groups is 1. The molecule has 0 spiro atoms. The third kappa shape index (κ3) is 2.91. The quantitative estimate of drug-likeness (QED) is 0.499. The summed E-state index contributed by atoms with van der Waals surface area (Å²) in [5.41, 5.74) is -1.89. The number of unbranched alkanes of at least 4 members (excludes halogenated alkanes) is 1. The highest BCUT2D eigenvalue weighted by molar-refractivity contribution is 6.10. The number of amides is 2. The minimum absolute atomic E-state index is 0.150. The number of hydrogen-bond donors (Lipinski definition) is 4. The van der Waals surface area contributed by atoms with Crippen LogP contribution in [0, 0.1) is 11.8 Å². The first kappa shape index (κ1) is 19.8. The fourth-order valence-corrected chi connectivity index (χ4v) is 4.29. The first-order valence-corrected chi connectivity index (χ1v) is 9.10. The summed E-state index contributed by atoms with van der Waals surface area (Å²) in [6, 6.07) is 5.10. The molecule has 2 fully saturated rings. The van der Waals surface area contributed by atoms with Crippen molar-refractivity contribution in [2.45, 2.75) is 37.8 Å². The summed E-state index contributed by atoms with van der Waals surface area (Å²) >= 11 is 0. The molecule has 1 aromatic carbocycles. The van der Waals surface area contributed by atoms with Crippen LogP contribution >= 0.6 is 0 Å². The number of carbonyl (C=O) groups is 4. The summed E-state index contributed by atoms with van der Waals surface area (Å²) < 4.78 is 0. The number of likely N-dealkylation sites (tertiary alicyclic amines) is 1. The lowest BCUT2D eigenvalue weighted by Crippen LogP contribution is -2.57. The lowest BCUT2D eigenvalue weighted by atomic mass is 9.77. The Morgan fingerprint density at radius 3 is 2.43 bits per heavy atom. The van der Waals surface area contributed by atoms with Crippen LogP contribution in [0.15, 0.2) is 24.3 Å². The van der Waals surface area contributed by atoms with Crippen molar-refractivity contribution in [3.8, 4) is 5.75 Å². The number of carboxylic acids is 2. The number of nitrogens with one attached hydrogen (secondary N) is 1. The highest BCUT2D eigenvalue weighted by Crippen LogP contribution is 2.51. The number of phenols is 1. The van der Waals surface area contributed by atoms with Crippen molar-refractivity contribution in [2.75, 3.05) is 6.54 Å². The summed E-state index contributed by atoms with van der Waals surface area (Å²) in [6.45, 7) is 2.04. The molecule has 4 unspecified atom stereocenters. The number of para-hydroxylation sites is 1. The molecule has 2 aliphatic rings. The van der Waals surface area contributed by atoms with E-state index in [4.69, 9.17) is 0 Å². The molecular formula is C19H22N2O7. The van der Waals surface area contributed by atoms with E-state index in [1.807, 2.05) is 6.92 Å². The fourth-order valence-electron chi connectivity index (χ4n) is 4.29. The Hall–Kier alpha value is -2.94. The number of benzene rings is 1. The van der Waals surface area contributed by atoms with Crippen LogP contribution in [0.4, 0.5) is 0 Å². The van der Waals surface area contributed by atoms with Gasteiger partial charge in [-0.15, -0.1) is 0 Å². The maximum absolute atomic E-state index is 13.0. The van der Waals surface area contributed by atoms with E-state index in [0.29, 0.717) is 6.42 Å². The van der Waals surface area contributed by atoms with Crippen LogP contribution in [-0.2, 0) is 19.2 Å². The van der Waals surface area contributed by atoms with E-state index >= 15 is 0 Å². The van der Waals surface area contributed by atoms with Gasteiger partial charge in [-0.25, -0.2) is 0 Å². The predicted octanol–water partition coefficient (Wildman–Crippen LogP) is 0.736. The van der Waals surface area contributed by atoms with Crippen molar-refractivity contribution >= 4 is 23.8 Å². The molecule has 2 aliphatic heterocycles. The number of carboxylic acid groups (broad SMARTS) is 2. The number of hydrogen-bond acceptors (Lipinski definition) is 6. The van der Waals surface area contributed by atoms with Gasteiger partial charge in [0.05, 0.1) is 18.3 Å². The third-order valence-corrected chi connectivity index (χ3v) is 5.56. The number of aliphatic carboxylic acids is 2. The Morgan fingerprint density at radius 2 is 1.86 bits per heavy atom. The minimum atomic E-state index is -2.14. The molecule has 0 saturated carbocycles. The average Bonchev–Trinajstić information content (AvgIpc) is 3.09. The van der Waals surface area contributed by atoms with E-state index in [-0.39, 0.29) is 17.9 Å². The first-order chi connectivity index (χ1) is 13.2. The monoisotopic (exact) mass is 390 g/mol. The Morgan fingerprint density at radius 1 is 1.18 bits per heavy atom. The molecule has 0 aliphatic carbocycles. The Labute approximate surface area is 161 Å². The number of phenolic OH excluding ortho intramolecular Hbond substituents is 1. The standard InChI is InChI=1S/C19H22N2O7/c1-2-3-8-21-16(25)13-14(17(21)26)19(18(27)28,9-12(23)24)20-15(13)10-6-4-5-7-11(10)22/h4-7,13-15,20,22H,2-3,8-9H2,1H3,(H,23,24)(H,27,28). The van der Waals surface area contributed by atoms with Crippen LogP contribution in [0.2, 0.25) is 0 Å². The smallest absolute Gasteiger partial charge is 0.325 e. The van der Waals surface area contributed by atoms with E-state index in [2.05, 4.69) is 5.32 Å². The molecule has 150 valence electrons. The second-order valence-electron chi connectivity index (χ2n) is 7.21. The molecule has 9 nitrogen and oxygen atoms in total. The SMILES string of the molecule is CCCCN1C(=O)C2C(c3ccccc3O)NC(CC(=O)O)(C(=O)O)C2C1=O. The van der Waals surface area contributed by atoms with Gasteiger partial charge in [-0.1, -0.05) is 31.5 Å². The molecule has 2 saturated heterocycles. The molecule has 2 heterocycles. The van der Waals surface area contributed by atoms with Crippen molar-refractivity contribution in [1.29, 1.82) is 0 Å². The number of imide groups is 1. The molecule has 0 bridgehead atoms. The van der Waals surface area contributed by atoms with Gasteiger partial charge in [0.1, 0.15) is 11.3 Å². The summed E-state index contributed by atoms with van der Waals surface area (Å²) in [6.07, 6.45) is 0.422. The van der Waals surface area contributed by atoms with E-state index in [1.165, 1.54) is 12.1 Å². The van der Waals surface area contributed by atoms with Crippen LogP contribution in [0.5, 0.6) is 5.75 Å². The maximum Gasteiger partial charge on any atom is 0.325 e. The molecule has 0 radical (unpaired) electrons. The van der Waals surface area contributed by atoms with Gasteiger partial charge < -0.3 is 15.3 Å². The zero-order valence-electron chi connectivity index (χ0n) is 15.3. The third-order valence-electron chi connectivity index (χ3n) is 5.56. The summed E-state index contributed by atoms with van der Waals surface area (Å²) in [4.78, 5) is 50.7. The van der Waals surface area contributed by atoms with E-state index < -0.39 is 53.6 Å². The van der Waals surface area contributed by atoms with Crippen LogP contribution in [0.1, 0.15) is 37.8 Å². The van der Waals surface area contributed by atoms with E-state index in [9.17, 15) is 34.5 Å². The van der Waals surface area contributed by atoms with Crippen molar-refractivity contribution in [2.24, 2.45) is 11.8 Å². The zero-order valence-corrected chi connectivity index (χ0v) is 15.3. The molecule has 1 aromatic rings. The van der Waals surface area contributed by atoms with Crippen molar-refractivity contribution in [1.82, 2.24) is 10.2 Å². The molecule has 0 aromatic heterocycles. The highest BCUT2D eigenvalue weighted by atomic mass is 16.4. The molecule has 2 amide bonds. The maximum atomic E-state index is 13.0. The second-order valence-corrected chi connectivity index (χ2v) is 7.21. The second kappa shape index (κ2) is 7.23. The summed E-state index contributed by atoms with van der Waals surface area (Å²) in [5.74, 6) is -6.78. The molecule has 28 heavy (non-hydrogen) atoms. The Bertz CT molecular complexity index is 839. The molecule has 4 N–H and O–H groups in total. The van der Waals surface area contributed by atoms with Gasteiger partial charge in [0, 0.05) is 18.2 Å². The number of nitrogens with zero attached hydrogens (tertiary/aromatic N) is 1. The van der Waals surface area contributed by atoms with Gasteiger partial charge in [-0.3, -0.25) is 29.4 Å². The number of rotatable bonds is 7. The normalized spacial score (nSPS) is 29.2. The van der Waals surface area contributed by atoms with Gasteiger partial charge in [0.25, 0.3) is 0 Å². The highest BCUT2D eigenvalue weighted by Gasteiger charge is 2.69. The Kier molecular flexibility index (Phi) is 5.12. The largest absolute Gasteiger partial charge is 0.508 e. The fraction of sp³-hybridized carbons (Fsp3) is 0.474. The van der Waals surface area contributed by atoms with Crippen molar-refractivity contribution in [3.63, 3.8) is 0 Å². The minimum Gasteiger partial charge on any atom is -0.508 e. The Balaban J connectivity index is 2.14. The van der Waals surface area contributed by atoms with Gasteiger partial charge in [-0.2, -0.15) is 0 Å². The zero-order chi connectivity index (χ0) is 20.6. The van der Waals surface area contributed by atoms with Crippen LogP contribution < -0.4 is 5.32 Å². The first-order valence-electron chi connectivity index (χ1n) is 9.10. The molecular weight excluding hydrogens is 368 g/mol. The van der Waals surface area contributed by atoms with Crippen LogP contribution in [-0.4, -0.2) is 56.1 Å². The van der Waals surface area contributed by atoms with Gasteiger partial charge in [-0.05, 0) is 12.5 Å². The predicted molar refractivity (Wildman–Crippen MR) is 95.2 cm³/mol. The van der Waals surface area contributed by atoms with Crippen molar-refractivity contribution in [3.05, 3.63) is 29.8 Å². The van der Waals surface area contributed by atoms with Gasteiger partial charge >= 0.3 is 11.9 Å². The summed E-state index contributed by atoms with van der Waals surface area (Å²) in [5, 5.41) is 32.2. The molecule has 3 rings (SSSR count). The number of carbonyl (C=O) groups excluding carboxylic acids is 2. The summed E-state index contributed by atoms with van der Waals surface area (Å²) in [7, 11) is 0. The number of fused-ring (bicyclic) bond motifs is 1. The van der Waals surface area contributed by atoms with Gasteiger partial charge in [0.15, 0.2) is 0 Å². The van der Waals surface area contributed by atoms with Crippen LogP contribution in [0.3, 0.4) is 0 Å². The van der Waals surface area contributed by atoms with Crippen molar-refractivity contribution < 1.29 is 34.5 Å². The molecule has 9 heteroatoms. The topological polar surface area (TPSA) is 144 Å². The van der Waals surface area contributed by atoms with Crippen LogP contribution in [0.25, 0.3) is 0 Å². The average molecular weight is 390 g/mol. The van der Waals surface area contributed by atoms with E-state index in [0.717, 1.165) is 11.3 Å².